The molecule has 1 unspecified atom stereocenters. The minimum atomic E-state index is 0.539. The van der Waals surface area contributed by atoms with Crippen LogP contribution in [0.4, 0.5) is 0 Å². The first kappa shape index (κ1) is 11.9. The molecule has 0 spiro atoms. The van der Waals surface area contributed by atoms with Gasteiger partial charge in [-0.15, -0.1) is 0 Å². The van der Waals surface area contributed by atoms with Gasteiger partial charge in [-0.3, -0.25) is 0 Å². The third-order valence-corrected chi connectivity index (χ3v) is 3.55. The van der Waals surface area contributed by atoms with Crippen LogP contribution in [0, 0.1) is 13.8 Å². The van der Waals surface area contributed by atoms with Gasteiger partial charge in [-0.25, -0.2) is 4.98 Å². The molecule has 1 N–H and O–H groups in total. The summed E-state index contributed by atoms with van der Waals surface area (Å²) >= 11 is 0. The number of rotatable bonds is 4. The number of hydrogen-bond donors (Lipinski definition) is 1. The molecule has 0 aliphatic rings. The highest BCUT2D eigenvalue weighted by Gasteiger charge is 2.14. The summed E-state index contributed by atoms with van der Waals surface area (Å²) < 4.78 is 0. The fourth-order valence-corrected chi connectivity index (χ4v) is 2.38. The van der Waals surface area contributed by atoms with E-state index in [0.717, 1.165) is 12.8 Å². The van der Waals surface area contributed by atoms with Crippen molar-refractivity contribution in [1.82, 2.24) is 9.97 Å². The lowest BCUT2D eigenvalue weighted by Crippen LogP contribution is -2.05. The predicted octanol–water partition coefficient (Wildman–Crippen LogP) is 3.76. The molecule has 1 atom stereocenters. The molecule has 0 aliphatic carbocycles. The van der Waals surface area contributed by atoms with Crippen molar-refractivity contribution in [2.75, 3.05) is 0 Å². The maximum absolute atomic E-state index is 4.12. The van der Waals surface area contributed by atoms with Crippen molar-refractivity contribution in [3.8, 4) is 0 Å². The molecule has 2 rings (SSSR count). The summed E-state index contributed by atoms with van der Waals surface area (Å²) in [5.41, 5.74) is 5.51. The van der Waals surface area contributed by atoms with Gasteiger partial charge >= 0.3 is 0 Å². The van der Waals surface area contributed by atoms with Crippen LogP contribution >= 0.6 is 0 Å². The Bertz CT molecular complexity index is 451. The number of H-pyrrole nitrogens is 1. The molecule has 0 radical (unpaired) electrons. The molecule has 0 bridgehead atoms. The van der Waals surface area contributed by atoms with E-state index in [1.54, 1.807) is 6.33 Å². The molecular weight excluding hydrogens is 208 g/mol. The van der Waals surface area contributed by atoms with E-state index in [1.807, 2.05) is 6.20 Å². The van der Waals surface area contributed by atoms with Gasteiger partial charge in [0.1, 0.15) is 0 Å². The number of hydrogen-bond acceptors (Lipinski definition) is 1. The topological polar surface area (TPSA) is 28.7 Å². The molecule has 0 amide bonds. The largest absolute Gasteiger partial charge is 0.348 e. The molecular formula is C15H20N2. The summed E-state index contributed by atoms with van der Waals surface area (Å²) in [5, 5.41) is 0. The number of nitrogens with zero attached hydrogens (tertiary/aromatic N) is 1. The molecule has 17 heavy (non-hydrogen) atoms. The Labute approximate surface area is 103 Å². The Hall–Kier alpha value is -1.57. The van der Waals surface area contributed by atoms with Gasteiger partial charge in [-0.05, 0) is 43.4 Å². The number of benzene rings is 1. The average molecular weight is 228 g/mol. The van der Waals surface area contributed by atoms with Crippen LogP contribution < -0.4 is 0 Å². The highest BCUT2D eigenvalue weighted by Crippen LogP contribution is 2.25. The van der Waals surface area contributed by atoms with E-state index in [1.165, 1.54) is 22.4 Å². The normalized spacial score (nSPS) is 12.6. The predicted molar refractivity (Wildman–Crippen MR) is 71.2 cm³/mol. The van der Waals surface area contributed by atoms with Gasteiger partial charge in [-0.2, -0.15) is 0 Å². The Morgan fingerprint density at radius 1 is 1.24 bits per heavy atom. The van der Waals surface area contributed by atoms with Crippen molar-refractivity contribution in [2.24, 2.45) is 0 Å². The zero-order chi connectivity index (χ0) is 12.3. The van der Waals surface area contributed by atoms with E-state index < -0.39 is 0 Å². The Morgan fingerprint density at radius 3 is 2.47 bits per heavy atom. The fraction of sp³-hybridized carbons (Fsp3) is 0.400. The molecule has 2 aromatic rings. The smallest absolute Gasteiger partial charge is 0.0921 e. The lowest BCUT2D eigenvalue weighted by molar-refractivity contribution is 0.640. The van der Waals surface area contributed by atoms with Crippen LogP contribution in [0.5, 0.6) is 0 Å². The first-order valence-corrected chi connectivity index (χ1v) is 6.25. The second-order valence-electron chi connectivity index (χ2n) is 4.69. The molecule has 0 saturated carbocycles. The van der Waals surface area contributed by atoms with E-state index in [4.69, 9.17) is 0 Å². The lowest BCUT2D eigenvalue weighted by atomic mass is 9.89. The first-order valence-electron chi connectivity index (χ1n) is 6.25. The molecule has 0 saturated heterocycles. The minimum Gasteiger partial charge on any atom is -0.348 e. The van der Waals surface area contributed by atoms with Crippen LogP contribution in [-0.2, 0) is 6.42 Å². The lowest BCUT2D eigenvalue weighted by Gasteiger charge is -2.16. The van der Waals surface area contributed by atoms with Crippen LogP contribution in [0.3, 0.4) is 0 Å². The van der Waals surface area contributed by atoms with Gasteiger partial charge in [0.2, 0.25) is 0 Å². The van der Waals surface area contributed by atoms with Crippen molar-refractivity contribution in [3.63, 3.8) is 0 Å². The summed E-state index contributed by atoms with van der Waals surface area (Å²) in [6, 6.07) is 6.52. The molecule has 1 aromatic heterocycles. The van der Waals surface area contributed by atoms with Crippen LogP contribution in [-0.4, -0.2) is 9.97 Å². The fourth-order valence-electron chi connectivity index (χ4n) is 2.38. The van der Waals surface area contributed by atoms with E-state index in [0.29, 0.717) is 5.92 Å². The zero-order valence-electron chi connectivity index (χ0n) is 10.8. The standard InChI is InChI=1S/C15H20N2/c1-4-13(15-9-16-10-17-15)8-14-11(2)6-5-7-12(14)3/h5-7,9-10,13H,4,8H2,1-3H3,(H,16,17). The van der Waals surface area contributed by atoms with Gasteiger partial charge in [0.05, 0.1) is 6.33 Å². The van der Waals surface area contributed by atoms with E-state index >= 15 is 0 Å². The van der Waals surface area contributed by atoms with Gasteiger partial charge in [0.25, 0.3) is 0 Å². The number of aromatic amines is 1. The molecule has 1 heterocycles. The van der Waals surface area contributed by atoms with Gasteiger partial charge in [0, 0.05) is 17.8 Å². The molecule has 1 aromatic carbocycles. The molecule has 0 aliphatic heterocycles. The highest BCUT2D eigenvalue weighted by atomic mass is 14.9. The second-order valence-corrected chi connectivity index (χ2v) is 4.69. The molecule has 90 valence electrons. The summed E-state index contributed by atoms with van der Waals surface area (Å²) in [5.74, 6) is 0.539. The van der Waals surface area contributed by atoms with Crippen LogP contribution in [0.1, 0.15) is 41.6 Å². The maximum Gasteiger partial charge on any atom is 0.0921 e. The third kappa shape index (κ3) is 2.57. The highest BCUT2D eigenvalue weighted by molar-refractivity contribution is 5.34. The number of imidazole rings is 1. The summed E-state index contributed by atoms with van der Waals surface area (Å²) in [6.07, 6.45) is 5.94. The summed E-state index contributed by atoms with van der Waals surface area (Å²) in [4.78, 5) is 7.36. The van der Waals surface area contributed by atoms with E-state index in [9.17, 15) is 0 Å². The first-order chi connectivity index (χ1) is 8.22. The van der Waals surface area contributed by atoms with Crippen molar-refractivity contribution in [2.45, 2.75) is 39.5 Å². The Balaban J connectivity index is 2.25. The summed E-state index contributed by atoms with van der Waals surface area (Å²) in [7, 11) is 0. The van der Waals surface area contributed by atoms with E-state index in [2.05, 4.69) is 48.9 Å². The van der Waals surface area contributed by atoms with Crippen LogP contribution in [0.2, 0.25) is 0 Å². The Morgan fingerprint density at radius 2 is 1.94 bits per heavy atom. The third-order valence-electron chi connectivity index (χ3n) is 3.55. The molecule has 2 nitrogen and oxygen atoms in total. The number of aryl methyl sites for hydroxylation is 2. The van der Waals surface area contributed by atoms with Crippen molar-refractivity contribution in [3.05, 3.63) is 53.1 Å². The summed E-state index contributed by atoms with van der Waals surface area (Å²) in [6.45, 7) is 6.63. The molecule has 0 fully saturated rings. The van der Waals surface area contributed by atoms with Crippen LogP contribution in [0.15, 0.2) is 30.7 Å². The quantitative estimate of drug-likeness (QED) is 0.848. The van der Waals surface area contributed by atoms with Crippen molar-refractivity contribution < 1.29 is 0 Å². The van der Waals surface area contributed by atoms with Crippen molar-refractivity contribution in [1.29, 1.82) is 0 Å². The number of nitrogens with one attached hydrogen (secondary N) is 1. The minimum absolute atomic E-state index is 0.539. The maximum atomic E-state index is 4.12. The van der Waals surface area contributed by atoms with E-state index in [-0.39, 0.29) is 0 Å². The average Bonchev–Trinajstić information content (AvgIpc) is 2.82. The Kier molecular flexibility index (Phi) is 3.62. The van der Waals surface area contributed by atoms with Gasteiger partial charge in [0.15, 0.2) is 0 Å². The van der Waals surface area contributed by atoms with Crippen LogP contribution in [0.25, 0.3) is 0 Å². The zero-order valence-corrected chi connectivity index (χ0v) is 10.8. The van der Waals surface area contributed by atoms with Crippen molar-refractivity contribution >= 4 is 0 Å². The van der Waals surface area contributed by atoms with Gasteiger partial charge in [-0.1, -0.05) is 25.1 Å². The molecule has 2 heteroatoms. The second kappa shape index (κ2) is 5.17. The SMILES string of the molecule is CCC(Cc1c(C)cccc1C)c1cnc[nH]1. The van der Waals surface area contributed by atoms with Gasteiger partial charge < -0.3 is 4.98 Å². The monoisotopic (exact) mass is 228 g/mol. The number of aromatic nitrogens is 2.